The number of ether oxygens (including phenoxy) is 1. The van der Waals surface area contributed by atoms with E-state index in [-0.39, 0.29) is 5.41 Å². The highest BCUT2D eigenvalue weighted by Crippen LogP contribution is 2.23. The monoisotopic (exact) mass is 255 g/mol. The zero-order valence-electron chi connectivity index (χ0n) is 11.8. The van der Waals surface area contributed by atoms with Gasteiger partial charge in [0, 0.05) is 11.8 Å². The van der Waals surface area contributed by atoms with Gasteiger partial charge in [-0.15, -0.1) is 0 Å². The molecule has 2 aromatic rings. The van der Waals surface area contributed by atoms with Gasteiger partial charge in [-0.2, -0.15) is 0 Å². The first kappa shape index (κ1) is 13.5. The van der Waals surface area contributed by atoms with Gasteiger partial charge < -0.3 is 10.5 Å². The molecule has 0 radical (unpaired) electrons. The molecule has 0 aromatic heterocycles. The number of benzene rings is 2. The Morgan fingerprint density at radius 1 is 1.00 bits per heavy atom. The summed E-state index contributed by atoms with van der Waals surface area (Å²) >= 11 is 0. The van der Waals surface area contributed by atoms with Gasteiger partial charge in [-0.05, 0) is 28.7 Å². The highest BCUT2D eigenvalue weighted by Gasteiger charge is 2.12. The summed E-state index contributed by atoms with van der Waals surface area (Å²) < 4.78 is 5.72. The molecule has 0 bridgehead atoms. The van der Waals surface area contributed by atoms with Crippen LogP contribution in [0.5, 0.6) is 5.75 Å². The molecule has 0 unspecified atom stereocenters. The molecule has 0 spiro atoms. The van der Waals surface area contributed by atoms with Crippen molar-refractivity contribution in [3.05, 3.63) is 59.7 Å². The van der Waals surface area contributed by atoms with Crippen LogP contribution in [0.3, 0.4) is 0 Å². The molecule has 0 aliphatic heterocycles. The minimum Gasteiger partial charge on any atom is -0.489 e. The SMILES string of the molecule is CC(C)(C)c1ccc(COc2cccc(N)c2)cc1. The van der Waals surface area contributed by atoms with E-state index in [4.69, 9.17) is 10.5 Å². The third-order valence-corrected chi connectivity index (χ3v) is 3.08. The van der Waals surface area contributed by atoms with E-state index >= 15 is 0 Å². The number of anilines is 1. The summed E-state index contributed by atoms with van der Waals surface area (Å²) in [6.45, 7) is 7.20. The van der Waals surface area contributed by atoms with Crippen molar-refractivity contribution in [3.63, 3.8) is 0 Å². The molecule has 0 aliphatic rings. The average molecular weight is 255 g/mol. The van der Waals surface area contributed by atoms with E-state index in [9.17, 15) is 0 Å². The van der Waals surface area contributed by atoms with Crippen LogP contribution in [0.1, 0.15) is 31.9 Å². The fourth-order valence-corrected chi connectivity index (χ4v) is 1.87. The van der Waals surface area contributed by atoms with Gasteiger partial charge >= 0.3 is 0 Å². The third kappa shape index (κ3) is 3.75. The van der Waals surface area contributed by atoms with Crippen LogP contribution in [-0.2, 0) is 12.0 Å². The largest absolute Gasteiger partial charge is 0.489 e. The number of rotatable bonds is 3. The smallest absolute Gasteiger partial charge is 0.121 e. The van der Waals surface area contributed by atoms with E-state index < -0.39 is 0 Å². The van der Waals surface area contributed by atoms with Crippen LogP contribution >= 0.6 is 0 Å². The normalized spacial score (nSPS) is 11.3. The molecule has 2 nitrogen and oxygen atoms in total. The molecular formula is C17H21NO. The molecular weight excluding hydrogens is 234 g/mol. The summed E-state index contributed by atoms with van der Waals surface area (Å²) in [7, 11) is 0. The maximum absolute atomic E-state index is 5.72. The van der Waals surface area contributed by atoms with Gasteiger partial charge in [-0.25, -0.2) is 0 Å². The highest BCUT2D eigenvalue weighted by molar-refractivity contribution is 5.43. The molecule has 0 saturated heterocycles. The summed E-state index contributed by atoms with van der Waals surface area (Å²) in [5.41, 5.74) is 9.12. The molecule has 2 aromatic carbocycles. The molecule has 19 heavy (non-hydrogen) atoms. The molecule has 0 aliphatic carbocycles. The fourth-order valence-electron chi connectivity index (χ4n) is 1.87. The Balaban J connectivity index is 2.01. The summed E-state index contributed by atoms with van der Waals surface area (Å²) in [5, 5.41) is 0. The predicted molar refractivity (Wildman–Crippen MR) is 80.3 cm³/mol. The first-order valence-electron chi connectivity index (χ1n) is 6.53. The van der Waals surface area contributed by atoms with Gasteiger partial charge in [0.25, 0.3) is 0 Å². The summed E-state index contributed by atoms with van der Waals surface area (Å²) in [5.74, 6) is 0.805. The van der Waals surface area contributed by atoms with Gasteiger partial charge in [0.1, 0.15) is 12.4 Å². The van der Waals surface area contributed by atoms with Crippen molar-refractivity contribution in [1.82, 2.24) is 0 Å². The lowest BCUT2D eigenvalue weighted by molar-refractivity contribution is 0.306. The van der Waals surface area contributed by atoms with Crippen LogP contribution in [0.4, 0.5) is 5.69 Å². The standard InChI is InChI=1S/C17H21NO/c1-17(2,3)14-9-7-13(8-10-14)12-19-16-6-4-5-15(18)11-16/h4-11H,12,18H2,1-3H3. The maximum atomic E-state index is 5.72. The topological polar surface area (TPSA) is 35.2 Å². The van der Waals surface area contributed by atoms with Gasteiger partial charge in [-0.3, -0.25) is 0 Å². The lowest BCUT2D eigenvalue weighted by Gasteiger charge is -2.19. The minimum absolute atomic E-state index is 0.188. The molecule has 0 atom stereocenters. The van der Waals surface area contributed by atoms with Gasteiger partial charge in [0.05, 0.1) is 0 Å². The van der Waals surface area contributed by atoms with Crippen molar-refractivity contribution in [1.29, 1.82) is 0 Å². The van der Waals surface area contributed by atoms with E-state index in [1.807, 2.05) is 24.3 Å². The van der Waals surface area contributed by atoms with E-state index in [0.717, 1.165) is 17.0 Å². The summed E-state index contributed by atoms with van der Waals surface area (Å²) in [6, 6.07) is 16.1. The van der Waals surface area contributed by atoms with Gasteiger partial charge in [0.15, 0.2) is 0 Å². The van der Waals surface area contributed by atoms with Crippen molar-refractivity contribution in [2.45, 2.75) is 32.8 Å². The van der Waals surface area contributed by atoms with Crippen LogP contribution in [0.25, 0.3) is 0 Å². The quantitative estimate of drug-likeness (QED) is 0.836. The minimum atomic E-state index is 0.188. The van der Waals surface area contributed by atoms with E-state index in [1.165, 1.54) is 5.56 Å². The van der Waals surface area contributed by atoms with Crippen molar-refractivity contribution in [2.24, 2.45) is 0 Å². The number of nitrogens with two attached hydrogens (primary N) is 1. The molecule has 100 valence electrons. The van der Waals surface area contributed by atoms with E-state index in [2.05, 4.69) is 45.0 Å². The van der Waals surface area contributed by atoms with Gasteiger partial charge in [0.2, 0.25) is 0 Å². The van der Waals surface area contributed by atoms with Crippen molar-refractivity contribution in [3.8, 4) is 5.75 Å². The van der Waals surface area contributed by atoms with Crippen LogP contribution in [-0.4, -0.2) is 0 Å². The maximum Gasteiger partial charge on any atom is 0.121 e. The zero-order valence-corrected chi connectivity index (χ0v) is 11.8. The zero-order chi connectivity index (χ0) is 13.9. The van der Waals surface area contributed by atoms with Crippen molar-refractivity contribution < 1.29 is 4.74 Å². The Morgan fingerprint density at radius 3 is 2.26 bits per heavy atom. The highest BCUT2D eigenvalue weighted by atomic mass is 16.5. The summed E-state index contributed by atoms with van der Waals surface area (Å²) in [6.07, 6.45) is 0. The molecule has 2 N–H and O–H groups in total. The van der Waals surface area contributed by atoms with E-state index in [0.29, 0.717) is 6.61 Å². The molecule has 0 saturated carbocycles. The van der Waals surface area contributed by atoms with Crippen LogP contribution in [0.15, 0.2) is 48.5 Å². The Morgan fingerprint density at radius 2 is 1.68 bits per heavy atom. The van der Waals surface area contributed by atoms with Crippen molar-refractivity contribution >= 4 is 5.69 Å². The Kier molecular flexibility index (Phi) is 3.79. The molecule has 2 rings (SSSR count). The molecule has 0 heterocycles. The Hall–Kier alpha value is -1.96. The predicted octanol–water partition coefficient (Wildman–Crippen LogP) is 4.15. The summed E-state index contributed by atoms with van der Waals surface area (Å²) in [4.78, 5) is 0. The number of hydrogen-bond donors (Lipinski definition) is 1. The Labute approximate surface area is 115 Å². The number of hydrogen-bond acceptors (Lipinski definition) is 2. The van der Waals surface area contributed by atoms with Gasteiger partial charge in [-0.1, -0.05) is 51.1 Å². The fraction of sp³-hybridized carbons (Fsp3) is 0.294. The van der Waals surface area contributed by atoms with Crippen LogP contribution in [0, 0.1) is 0 Å². The van der Waals surface area contributed by atoms with Crippen LogP contribution < -0.4 is 10.5 Å². The van der Waals surface area contributed by atoms with E-state index in [1.54, 1.807) is 0 Å². The van der Waals surface area contributed by atoms with Crippen LogP contribution in [0.2, 0.25) is 0 Å². The lowest BCUT2D eigenvalue weighted by Crippen LogP contribution is -2.10. The molecule has 2 heteroatoms. The second kappa shape index (κ2) is 5.35. The lowest BCUT2D eigenvalue weighted by atomic mass is 9.87. The molecule has 0 amide bonds. The van der Waals surface area contributed by atoms with Crippen molar-refractivity contribution in [2.75, 3.05) is 5.73 Å². The molecule has 0 fully saturated rings. The first-order chi connectivity index (χ1) is 8.95. The average Bonchev–Trinajstić information content (AvgIpc) is 2.36. The Bertz CT molecular complexity index is 538. The second-order valence-corrected chi connectivity index (χ2v) is 5.81. The third-order valence-electron chi connectivity index (χ3n) is 3.08. The first-order valence-corrected chi connectivity index (χ1v) is 6.53. The number of nitrogen functional groups attached to an aromatic ring is 1. The second-order valence-electron chi connectivity index (χ2n) is 5.81.